The van der Waals surface area contributed by atoms with Crippen LogP contribution >= 0.6 is 11.3 Å². The van der Waals surface area contributed by atoms with E-state index in [0.29, 0.717) is 22.6 Å². The Morgan fingerprint density at radius 1 is 1.38 bits per heavy atom. The van der Waals surface area contributed by atoms with E-state index in [1.54, 1.807) is 17.5 Å². The molecular weight excluding hydrogens is 306 g/mol. The molecule has 1 heterocycles. The van der Waals surface area contributed by atoms with Crippen molar-refractivity contribution in [1.29, 1.82) is 0 Å². The van der Waals surface area contributed by atoms with Gasteiger partial charge in [-0.25, -0.2) is 8.42 Å². The van der Waals surface area contributed by atoms with Crippen molar-refractivity contribution in [2.45, 2.75) is 23.2 Å². The number of sulfone groups is 1. The molecule has 2 aliphatic carbocycles. The number of hydrogen-bond acceptors (Lipinski definition) is 5. The van der Waals surface area contributed by atoms with Gasteiger partial charge in [0.25, 0.3) is 0 Å². The second-order valence-electron chi connectivity index (χ2n) is 6.07. The van der Waals surface area contributed by atoms with Crippen LogP contribution < -0.4 is 5.32 Å². The zero-order valence-corrected chi connectivity index (χ0v) is 13.4. The fourth-order valence-corrected chi connectivity index (χ4v) is 5.88. The summed E-state index contributed by atoms with van der Waals surface area (Å²) in [5.74, 6) is 1.85. The molecule has 116 valence electrons. The molecule has 4 atom stereocenters. The standard InChI is InChI=1S/C15H21NO3S2/c17-14(10-21(18,19)15-2-1-5-20-15)9-16-8-13-7-11-3-4-12(13)6-11/h1-5,11-14,16-17H,6-10H2. The third-order valence-electron chi connectivity index (χ3n) is 4.42. The van der Waals surface area contributed by atoms with Crippen molar-refractivity contribution in [2.75, 3.05) is 18.8 Å². The highest BCUT2D eigenvalue weighted by Gasteiger charge is 2.35. The first kappa shape index (κ1) is 15.2. The van der Waals surface area contributed by atoms with Crippen LogP contribution in [-0.2, 0) is 9.84 Å². The summed E-state index contributed by atoms with van der Waals surface area (Å²) in [7, 11) is -3.36. The summed E-state index contributed by atoms with van der Waals surface area (Å²) < 4.78 is 24.4. The molecule has 6 heteroatoms. The SMILES string of the molecule is O=S(=O)(CC(O)CNCC1CC2C=CC1C2)c1cccs1. The van der Waals surface area contributed by atoms with E-state index in [1.807, 2.05) is 0 Å². The monoisotopic (exact) mass is 327 g/mol. The molecule has 21 heavy (non-hydrogen) atoms. The van der Waals surface area contributed by atoms with Crippen LogP contribution in [0.1, 0.15) is 12.8 Å². The van der Waals surface area contributed by atoms with Crippen molar-refractivity contribution in [3.8, 4) is 0 Å². The molecule has 4 unspecified atom stereocenters. The van der Waals surface area contributed by atoms with Crippen molar-refractivity contribution in [1.82, 2.24) is 5.32 Å². The molecule has 1 aromatic rings. The van der Waals surface area contributed by atoms with Gasteiger partial charge in [-0.05, 0) is 48.6 Å². The molecular formula is C15H21NO3S2. The first-order valence-corrected chi connectivity index (χ1v) is 9.91. The largest absolute Gasteiger partial charge is 0.391 e. The topological polar surface area (TPSA) is 66.4 Å². The Kier molecular flexibility index (Phi) is 4.49. The molecule has 1 fully saturated rings. The van der Waals surface area contributed by atoms with Gasteiger partial charge in [-0.15, -0.1) is 11.3 Å². The zero-order valence-electron chi connectivity index (χ0n) is 11.8. The van der Waals surface area contributed by atoms with Crippen LogP contribution in [0.4, 0.5) is 0 Å². The normalized spacial score (nSPS) is 29.1. The fraction of sp³-hybridized carbons (Fsp3) is 0.600. The lowest BCUT2D eigenvalue weighted by atomic mass is 9.93. The highest BCUT2D eigenvalue weighted by atomic mass is 32.2. The van der Waals surface area contributed by atoms with Crippen LogP contribution in [-0.4, -0.2) is 38.5 Å². The highest BCUT2D eigenvalue weighted by Crippen LogP contribution is 2.42. The average Bonchev–Trinajstić information content (AvgIpc) is 3.16. The average molecular weight is 327 g/mol. The number of hydrogen-bond donors (Lipinski definition) is 2. The molecule has 1 aromatic heterocycles. The summed E-state index contributed by atoms with van der Waals surface area (Å²) >= 11 is 1.20. The van der Waals surface area contributed by atoms with Gasteiger partial charge in [0.1, 0.15) is 4.21 Å². The maximum Gasteiger partial charge on any atom is 0.190 e. The van der Waals surface area contributed by atoms with E-state index in [2.05, 4.69) is 17.5 Å². The Morgan fingerprint density at radius 2 is 2.24 bits per heavy atom. The molecule has 2 bridgehead atoms. The number of aliphatic hydroxyl groups excluding tert-OH is 1. The minimum Gasteiger partial charge on any atom is -0.391 e. The van der Waals surface area contributed by atoms with Crippen molar-refractivity contribution < 1.29 is 13.5 Å². The predicted octanol–water partition coefficient (Wildman–Crippen LogP) is 1.68. The Labute approximate surface area is 129 Å². The van der Waals surface area contributed by atoms with E-state index in [4.69, 9.17) is 0 Å². The van der Waals surface area contributed by atoms with Crippen LogP contribution in [0.5, 0.6) is 0 Å². The third kappa shape index (κ3) is 3.56. The molecule has 3 rings (SSSR count). The van der Waals surface area contributed by atoms with Crippen molar-refractivity contribution in [2.24, 2.45) is 17.8 Å². The molecule has 0 amide bonds. The predicted molar refractivity (Wildman–Crippen MR) is 84.1 cm³/mol. The van der Waals surface area contributed by atoms with E-state index >= 15 is 0 Å². The lowest BCUT2D eigenvalue weighted by Gasteiger charge is -2.19. The van der Waals surface area contributed by atoms with Gasteiger partial charge in [0.05, 0.1) is 11.9 Å². The van der Waals surface area contributed by atoms with Gasteiger partial charge < -0.3 is 10.4 Å². The van der Waals surface area contributed by atoms with Gasteiger partial charge >= 0.3 is 0 Å². The second-order valence-corrected chi connectivity index (χ2v) is 9.27. The Balaban J connectivity index is 1.42. The lowest BCUT2D eigenvalue weighted by molar-refractivity contribution is 0.190. The Bertz CT molecular complexity index is 594. The van der Waals surface area contributed by atoms with E-state index in [0.717, 1.165) is 12.5 Å². The number of fused-ring (bicyclic) bond motifs is 2. The molecule has 0 aliphatic heterocycles. The smallest absolute Gasteiger partial charge is 0.190 e. The Hall–Kier alpha value is -0.690. The number of thiophene rings is 1. The summed E-state index contributed by atoms with van der Waals surface area (Å²) in [5.41, 5.74) is 0. The first-order valence-electron chi connectivity index (χ1n) is 7.38. The number of rotatable bonds is 7. The summed E-state index contributed by atoms with van der Waals surface area (Å²) in [4.78, 5) is 0. The molecule has 1 saturated carbocycles. The number of allylic oxidation sites excluding steroid dienone is 2. The zero-order chi connectivity index (χ0) is 14.9. The van der Waals surface area contributed by atoms with E-state index in [-0.39, 0.29) is 5.75 Å². The number of nitrogens with one attached hydrogen (secondary N) is 1. The molecule has 0 aromatic carbocycles. The molecule has 2 N–H and O–H groups in total. The summed E-state index contributed by atoms with van der Waals surface area (Å²) in [6, 6.07) is 3.30. The fourth-order valence-electron chi connectivity index (χ4n) is 3.40. The van der Waals surface area contributed by atoms with Gasteiger partial charge in [0.2, 0.25) is 0 Å². The maximum absolute atomic E-state index is 12.0. The summed E-state index contributed by atoms with van der Waals surface area (Å²) in [6.45, 7) is 1.20. The van der Waals surface area contributed by atoms with Crippen LogP contribution in [0.2, 0.25) is 0 Å². The minimum atomic E-state index is -3.36. The van der Waals surface area contributed by atoms with Gasteiger partial charge in [-0.2, -0.15) is 0 Å². The third-order valence-corrected chi connectivity index (χ3v) is 7.70. The van der Waals surface area contributed by atoms with E-state index in [1.165, 1.54) is 24.2 Å². The van der Waals surface area contributed by atoms with Crippen LogP contribution in [0.25, 0.3) is 0 Å². The van der Waals surface area contributed by atoms with Gasteiger partial charge in [0, 0.05) is 6.54 Å². The van der Waals surface area contributed by atoms with Crippen molar-refractivity contribution in [3.05, 3.63) is 29.7 Å². The van der Waals surface area contributed by atoms with Crippen LogP contribution in [0, 0.1) is 17.8 Å². The van der Waals surface area contributed by atoms with Gasteiger partial charge in [-0.3, -0.25) is 0 Å². The number of aliphatic hydroxyl groups is 1. The van der Waals surface area contributed by atoms with Crippen LogP contribution in [0.3, 0.4) is 0 Å². The van der Waals surface area contributed by atoms with E-state index in [9.17, 15) is 13.5 Å². The van der Waals surface area contributed by atoms with Crippen LogP contribution in [0.15, 0.2) is 33.9 Å². The Morgan fingerprint density at radius 3 is 2.86 bits per heavy atom. The second kappa shape index (κ2) is 6.20. The first-order chi connectivity index (χ1) is 10.0. The maximum atomic E-state index is 12.0. The lowest BCUT2D eigenvalue weighted by Crippen LogP contribution is -2.35. The molecule has 2 aliphatic rings. The summed E-state index contributed by atoms with van der Waals surface area (Å²) in [5, 5.41) is 14.9. The molecule has 0 radical (unpaired) electrons. The van der Waals surface area contributed by atoms with Crippen molar-refractivity contribution >= 4 is 21.2 Å². The van der Waals surface area contributed by atoms with E-state index < -0.39 is 15.9 Å². The molecule has 0 saturated heterocycles. The molecule has 0 spiro atoms. The highest BCUT2D eigenvalue weighted by molar-refractivity contribution is 7.93. The van der Waals surface area contributed by atoms with Gasteiger partial charge in [0.15, 0.2) is 9.84 Å². The van der Waals surface area contributed by atoms with Crippen molar-refractivity contribution in [3.63, 3.8) is 0 Å². The van der Waals surface area contributed by atoms with Gasteiger partial charge in [-0.1, -0.05) is 18.2 Å². The quantitative estimate of drug-likeness (QED) is 0.748. The minimum absolute atomic E-state index is 0.211. The molecule has 4 nitrogen and oxygen atoms in total. The summed E-state index contributed by atoms with van der Waals surface area (Å²) in [6.07, 6.45) is 6.24.